The van der Waals surface area contributed by atoms with Crippen LogP contribution in [0, 0.1) is 0 Å². The fourth-order valence-corrected chi connectivity index (χ4v) is 4.07. The normalized spacial score (nSPS) is 14.0. The number of nitrogens with one attached hydrogen (secondary N) is 1. The molecule has 2 aromatic heterocycles. The van der Waals surface area contributed by atoms with Crippen LogP contribution in [0.5, 0.6) is 11.5 Å². The molecule has 0 atom stereocenters. The van der Waals surface area contributed by atoms with Gasteiger partial charge in [-0.05, 0) is 12.1 Å². The Labute approximate surface area is 176 Å². The number of carbonyl (C=O) groups is 1. The number of benzene rings is 1. The van der Waals surface area contributed by atoms with Gasteiger partial charge in [0.25, 0.3) is 11.5 Å². The third kappa shape index (κ3) is 4.07. The number of aromatic nitrogens is 3. The SMILES string of the molecule is COc1ccc(CNC(=O)c2cc(=O)nc3sc(N4CCOCC4)nn23)c(OC)c1. The van der Waals surface area contributed by atoms with E-state index in [1.165, 1.54) is 21.9 Å². The number of hydrogen-bond acceptors (Lipinski definition) is 9. The number of morpholine rings is 1. The Kier molecular flexibility index (Phi) is 5.81. The number of ether oxygens (including phenoxy) is 3. The third-order valence-electron chi connectivity index (χ3n) is 4.69. The first-order valence-corrected chi connectivity index (χ1v) is 10.1. The van der Waals surface area contributed by atoms with Crippen LogP contribution in [0.1, 0.15) is 16.1 Å². The zero-order chi connectivity index (χ0) is 21.1. The summed E-state index contributed by atoms with van der Waals surface area (Å²) in [5, 5.41) is 8.03. The molecule has 0 bridgehead atoms. The summed E-state index contributed by atoms with van der Waals surface area (Å²) < 4.78 is 17.3. The maximum Gasteiger partial charge on any atom is 0.274 e. The van der Waals surface area contributed by atoms with Gasteiger partial charge in [0.1, 0.15) is 17.2 Å². The summed E-state index contributed by atoms with van der Waals surface area (Å²) in [4.78, 5) is 31.3. The van der Waals surface area contributed by atoms with Crippen molar-refractivity contribution in [2.75, 3.05) is 45.4 Å². The Morgan fingerprint density at radius 2 is 2.03 bits per heavy atom. The molecule has 0 radical (unpaired) electrons. The molecule has 30 heavy (non-hydrogen) atoms. The Morgan fingerprint density at radius 1 is 1.23 bits per heavy atom. The van der Waals surface area contributed by atoms with Gasteiger partial charge in [0.2, 0.25) is 10.1 Å². The van der Waals surface area contributed by atoms with Gasteiger partial charge in [-0.15, -0.1) is 5.10 Å². The summed E-state index contributed by atoms with van der Waals surface area (Å²) in [6.07, 6.45) is 0. The van der Waals surface area contributed by atoms with Gasteiger partial charge < -0.3 is 24.4 Å². The van der Waals surface area contributed by atoms with Gasteiger partial charge in [-0.3, -0.25) is 9.59 Å². The minimum Gasteiger partial charge on any atom is -0.497 e. The van der Waals surface area contributed by atoms with E-state index in [1.807, 2.05) is 6.07 Å². The van der Waals surface area contributed by atoms with E-state index >= 15 is 0 Å². The van der Waals surface area contributed by atoms with Gasteiger partial charge in [0.05, 0.1) is 27.4 Å². The van der Waals surface area contributed by atoms with Crippen molar-refractivity contribution in [2.24, 2.45) is 0 Å². The molecule has 1 aliphatic heterocycles. The number of anilines is 1. The molecule has 3 heterocycles. The molecular formula is C19H21N5O5S. The summed E-state index contributed by atoms with van der Waals surface area (Å²) in [6.45, 7) is 2.83. The highest BCUT2D eigenvalue weighted by Gasteiger charge is 2.20. The molecular weight excluding hydrogens is 410 g/mol. The number of nitrogens with zero attached hydrogens (tertiary/aromatic N) is 4. The van der Waals surface area contributed by atoms with Crippen molar-refractivity contribution in [2.45, 2.75) is 6.54 Å². The Bertz CT molecular complexity index is 1120. The van der Waals surface area contributed by atoms with Crippen LogP contribution < -0.4 is 25.2 Å². The maximum absolute atomic E-state index is 12.9. The molecule has 1 aromatic carbocycles. The lowest BCUT2D eigenvalue weighted by atomic mass is 10.2. The van der Waals surface area contributed by atoms with Crippen LogP contribution in [0.3, 0.4) is 0 Å². The van der Waals surface area contributed by atoms with Crippen molar-refractivity contribution in [3.8, 4) is 11.5 Å². The van der Waals surface area contributed by atoms with E-state index in [0.29, 0.717) is 47.9 Å². The zero-order valence-corrected chi connectivity index (χ0v) is 17.4. The number of amides is 1. The number of fused-ring (bicyclic) bond motifs is 1. The molecule has 0 saturated carbocycles. The van der Waals surface area contributed by atoms with E-state index in [9.17, 15) is 9.59 Å². The van der Waals surface area contributed by atoms with Crippen LogP contribution in [0.2, 0.25) is 0 Å². The fraction of sp³-hybridized carbons (Fsp3) is 0.368. The third-order valence-corrected chi connectivity index (χ3v) is 5.66. The minimum atomic E-state index is -0.487. The molecule has 11 heteroatoms. The van der Waals surface area contributed by atoms with Crippen molar-refractivity contribution < 1.29 is 19.0 Å². The van der Waals surface area contributed by atoms with Crippen LogP contribution in [0.4, 0.5) is 5.13 Å². The molecule has 0 aliphatic carbocycles. The van der Waals surface area contributed by atoms with Crippen molar-refractivity contribution >= 4 is 27.3 Å². The molecule has 158 valence electrons. The Morgan fingerprint density at radius 3 is 2.77 bits per heavy atom. The highest BCUT2D eigenvalue weighted by atomic mass is 32.1. The predicted molar refractivity (Wildman–Crippen MR) is 111 cm³/mol. The average Bonchev–Trinajstić information content (AvgIpc) is 3.21. The molecule has 0 unspecified atom stereocenters. The Balaban J connectivity index is 1.58. The van der Waals surface area contributed by atoms with Crippen molar-refractivity contribution in [3.63, 3.8) is 0 Å². The van der Waals surface area contributed by atoms with Gasteiger partial charge in [-0.2, -0.15) is 9.50 Å². The average molecular weight is 431 g/mol. The maximum atomic E-state index is 12.9. The highest BCUT2D eigenvalue weighted by Crippen LogP contribution is 2.25. The molecule has 1 amide bonds. The summed E-state index contributed by atoms with van der Waals surface area (Å²) >= 11 is 1.27. The van der Waals surface area contributed by atoms with E-state index in [1.54, 1.807) is 26.4 Å². The lowest BCUT2D eigenvalue weighted by Crippen LogP contribution is -2.36. The summed E-state index contributed by atoms with van der Waals surface area (Å²) in [5.41, 5.74) is 0.421. The molecule has 0 spiro atoms. The zero-order valence-electron chi connectivity index (χ0n) is 16.6. The first-order valence-electron chi connectivity index (χ1n) is 9.32. The van der Waals surface area contributed by atoms with Gasteiger partial charge in [-0.25, -0.2) is 0 Å². The highest BCUT2D eigenvalue weighted by molar-refractivity contribution is 7.20. The first-order chi connectivity index (χ1) is 14.6. The van der Waals surface area contributed by atoms with Crippen molar-refractivity contribution in [3.05, 3.63) is 45.9 Å². The number of carbonyl (C=O) groups excluding carboxylic acids is 1. The van der Waals surface area contributed by atoms with Gasteiger partial charge in [0.15, 0.2) is 0 Å². The fourth-order valence-electron chi connectivity index (χ4n) is 3.11. The molecule has 1 saturated heterocycles. The Hall–Kier alpha value is -3.18. The molecule has 4 rings (SSSR count). The summed E-state index contributed by atoms with van der Waals surface area (Å²) in [7, 11) is 3.12. The van der Waals surface area contributed by atoms with E-state index < -0.39 is 11.5 Å². The monoisotopic (exact) mass is 431 g/mol. The second kappa shape index (κ2) is 8.67. The van der Waals surface area contributed by atoms with Crippen LogP contribution in [-0.4, -0.2) is 61.0 Å². The largest absolute Gasteiger partial charge is 0.497 e. The number of methoxy groups -OCH3 is 2. The van der Waals surface area contributed by atoms with Gasteiger partial charge >= 0.3 is 0 Å². The van der Waals surface area contributed by atoms with Crippen LogP contribution >= 0.6 is 11.3 Å². The number of hydrogen-bond donors (Lipinski definition) is 1. The first kappa shape index (κ1) is 20.1. The van der Waals surface area contributed by atoms with Gasteiger partial charge in [-0.1, -0.05) is 11.3 Å². The smallest absolute Gasteiger partial charge is 0.274 e. The van der Waals surface area contributed by atoms with E-state index in [2.05, 4.69) is 20.3 Å². The van der Waals surface area contributed by atoms with Crippen LogP contribution in [0.15, 0.2) is 29.1 Å². The number of rotatable bonds is 6. The minimum absolute atomic E-state index is 0.133. The molecule has 1 N–H and O–H groups in total. The van der Waals surface area contributed by atoms with Crippen LogP contribution in [-0.2, 0) is 11.3 Å². The van der Waals surface area contributed by atoms with E-state index in [4.69, 9.17) is 14.2 Å². The standard InChI is InChI=1S/C19H21N5O5S/c1-27-13-4-3-12(15(9-13)28-2)11-20-17(26)14-10-16(25)21-18-24(14)22-19(30-18)23-5-7-29-8-6-23/h3-4,9-10H,5-8,11H2,1-2H3,(H,20,26). The van der Waals surface area contributed by atoms with E-state index in [-0.39, 0.29) is 12.2 Å². The lowest BCUT2D eigenvalue weighted by molar-refractivity contribution is 0.0942. The predicted octanol–water partition coefficient (Wildman–Crippen LogP) is 0.935. The van der Waals surface area contributed by atoms with Crippen molar-refractivity contribution in [1.29, 1.82) is 0 Å². The molecule has 10 nitrogen and oxygen atoms in total. The molecule has 1 fully saturated rings. The molecule has 1 aliphatic rings. The second-order valence-electron chi connectivity index (χ2n) is 6.52. The van der Waals surface area contributed by atoms with Crippen LogP contribution in [0.25, 0.3) is 4.96 Å². The molecule has 3 aromatic rings. The quantitative estimate of drug-likeness (QED) is 0.614. The topological polar surface area (TPSA) is 107 Å². The van der Waals surface area contributed by atoms with Crippen molar-refractivity contribution in [1.82, 2.24) is 19.9 Å². The van der Waals surface area contributed by atoms with E-state index in [0.717, 1.165) is 5.56 Å². The summed E-state index contributed by atoms with van der Waals surface area (Å²) in [5.74, 6) is 0.818. The second-order valence-corrected chi connectivity index (χ2v) is 7.45. The lowest BCUT2D eigenvalue weighted by Gasteiger charge is -2.25. The summed E-state index contributed by atoms with van der Waals surface area (Å²) in [6, 6.07) is 6.53. The van der Waals surface area contributed by atoms with Gasteiger partial charge in [0, 0.05) is 37.3 Å².